The average Bonchev–Trinajstić information content (AvgIpc) is 2.63. The monoisotopic (exact) mass is 365 g/mol. The Hall–Kier alpha value is -0.120. The summed E-state index contributed by atoms with van der Waals surface area (Å²) in [5.41, 5.74) is 0. The number of hydrogen-bond donors (Lipinski definition) is 0. The second-order valence-electron chi connectivity index (χ2n) is 9.94. The molecule has 3 saturated heterocycles. The van der Waals surface area contributed by atoms with E-state index in [0.29, 0.717) is 6.10 Å². The van der Waals surface area contributed by atoms with Crippen molar-refractivity contribution in [1.82, 2.24) is 4.90 Å². The summed E-state index contributed by atoms with van der Waals surface area (Å²) < 4.78 is 11.8. The summed E-state index contributed by atoms with van der Waals surface area (Å²) in [6, 6.07) is 0.777. The second kappa shape index (κ2) is 10.4. The minimum absolute atomic E-state index is 0.488. The molecule has 0 aliphatic carbocycles. The summed E-state index contributed by atoms with van der Waals surface area (Å²) in [6.07, 6.45) is 12.4. The van der Waals surface area contributed by atoms with Gasteiger partial charge in [-0.2, -0.15) is 0 Å². The Morgan fingerprint density at radius 1 is 0.885 bits per heavy atom. The number of likely N-dealkylation sites (tertiary alicyclic amines) is 1. The van der Waals surface area contributed by atoms with Gasteiger partial charge in [-0.25, -0.2) is 0 Å². The zero-order chi connectivity index (χ0) is 18.4. The highest BCUT2D eigenvalue weighted by atomic mass is 16.5. The predicted octanol–water partition coefficient (Wildman–Crippen LogP) is 5.14. The van der Waals surface area contributed by atoms with Crippen LogP contribution in [0.5, 0.6) is 0 Å². The lowest BCUT2D eigenvalue weighted by Crippen LogP contribution is -2.46. The first kappa shape index (κ1) is 20.6. The van der Waals surface area contributed by atoms with Crippen LogP contribution in [0.2, 0.25) is 0 Å². The largest absolute Gasteiger partial charge is 0.381 e. The highest BCUT2D eigenvalue weighted by molar-refractivity contribution is 4.84. The van der Waals surface area contributed by atoms with Gasteiger partial charge in [0.05, 0.1) is 6.10 Å². The second-order valence-corrected chi connectivity index (χ2v) is 9.94. The van der Waals surface area contributed by atoms with Crippen LogP contribution in [0.15, 0.2) is 0 Å². The molecule has 0 N–H and O–H groups in total. The Morgan fingerprint density at radius 3 is 2.38 bits per heavy atom. The molecule has 0 aromatic heterocycles. The maximum Gasteiger partial charge on any atom is 0.0592 e. The highest BCUT2D eigenvalue weighted by Crippen LogP contribution is 2.31. The minimum atomic E-state index is 0.488. The van der Waals surface area contributed by atoms with Gasteiger partial charge in [0, 0.05) is 25.9 Å². The molecule has 0 spiro atoms. The van der Waals surface area contributed by atoms with Crippen LogP contribution < -0.4 is 0 Å². The standard InChI is InChI=1S/C23H43NO2/c1-18(2)13-20-6-9-24(10-7-20)22-8-12-26-23(16-22)15-19(3)14-21-5-4-11-25-17-21/h18-23H,4-17H2,1-3H3. The molecule has 0 radical (unpaired) electrons. The molecule has 0 aromatic rings. The van der Waals surface area contributed by atoms with Crippen LogP contribution in [-0.4, -0.2) is 50.0 Å². The van der Waals surface area contributed by atoms with Gasteiger partial charge in [-0.15, -0.1) is 0 Å². The Labute approximate surface area is 162 Å². The molecule has 0 saturated carbocycles. The van der Waals surface area contributed by atoms with Crippen molar-refractivity contribution in [3.8, 4) is 0 Å². The molecule has 3 heterocycles. The number of nitrogens with zero attached hydrogens (tertiary/aromatic N) is 1. The van der Waals surface area contributed by atoms with Crippen LogP contribution in [0.4, 0.5) is 0 Å². The molecular weight excluding hydrogens is 322 g/mol. The molecule has 3 aliphatic rings. The van der Waals surface area contributed by atoms with E-state index in [-0.39, 0.29) is 0 Å². The highest BCUT2D eigenvalue weighted by Gasteiger charge is 2.31. The zero-order valence-electron chi connectivity index (χ0n) is 17.6. The Kier molecular flexibility index (Phi) is 8.27. The van der Waals surface area contributed by atoms with Gasteiger partial charge in [-0.1, -0.05) is 20.8 Å². The predicted molar refractivity (Wildman–Crippen MR) is 108 cm³/mol. The lowest BCUT2D eigenvalue weighted by molar-refractivity contribution is -0.0453. The van der Waals surface area contributed by atoms with Gasteiger partial charge < -0.3 is 14.4 Å². The first-order chi connectivity index (χ1) is 12.6. The minimum Gasteiger partial charge on any atom is -0.381 e. The molecule has 3 rings (SSSR count). The fourth-order valence-electron chi connectivity index (χ4n) is 5.68. The van der Waals surface area contributed by atoms with Crippen LogP contribution in [0, 0.1) is 23.7 Å². The van der Waals surface area contributed by atoms with Crippen molar-refractivity contribution in [2.75, 3.05) is 32.9 Å². The van der Waals surface area contributed by atoms with E-state index in [9.17, 15) is 0 Å². The SMILES string of the molecule is CC(C)CC1CCN(C2CCOC(CC(C)CC3CCCOC3)C2)CC1. The summed E-state index contributed by atoms with van der Waals surface area (Å²) >= 11 is 0. The van der Waals surface area contributed by atoms with Gasteiger partial charge in [0.1, 0.15) is 0 Å². The maximum atomic E-state index is 6.17. The number of rotatable bonds is 7. The number of ether oxygens (including phenoxy) is 2. The Morgan fingerprint density at radius 2 is 1.69 bits per heavy atom. The van der Waals surface area contributed by atoms with E-state index in [1.165, 1.54) is 70.9 Å². The number of hydrogen-bond acceptors (Lipinski definition) is 3. The van der Waals surface area contributed by atoms with Gasteiger partial charge in [-0.3, -0.25) is 0 Å². The van der Waals surface area contributed by atoms with E-state index in [0.717, 1.165) is 49.5 Å². The molecule has 3 aliphatic heterocycles. The van der Waals surface area contributed by atoms with Crippen LogP contribution in [0.1, 0.15) is 78.6 Å². The van der Waals surface area contributed by atoms with Crippen LogP contribution in [-0.2, 0) is 9.47 Å². The van der Waals surface area contributed by atoms with E-state index in [4.69, 9.17) is 9.47 Å². The first-order valence-corrected chi connectivity index (χ1v) is 11.5. The summed E-state index contributed by atoms with van der Waals surface area (Å²) in [5, 5.41) is 0. The molecule has 0 bridgehead atoms. The van der Waals surface area contributed by atoms with Gasteiger partial charge in [0.25, 0.3) is 0 Å². The molecule has 3 fully saturated rings. The molecule has 4 unspecified atom stereocenters. The smallest absolute Gasteiger partial charge is 0.0592 e. The van der Waals surface area contributed by atoms with Gasteiger partial charge in [0.15, 0.2) is 0 Å². The van der Waals surface area contributed by atoms with Crippen molar-refractivity contribution >= 4 is 0 Å². The lowest BCUT2D eigenvalue weighted by Gasteiger charge is -2.42. The third kappa shape index (κ3) is 6.49. The fourth-order valence-corrected chi connectivity index (χ4v) is 5.68. The van der Waals surface area contributed by atoms with E-state index in [1.54, 1.807) is 0 Å². The topological polar surface area (TPSA) is 21.7 Å². The zero-order valence-corrected chi connectivity index (χ0v) is 17.6. The molecule has 152 valence electrons. The van der Waals surface area contributed by atoms with Gasteiger partial charge in [0.2, 0.25) is 0 Å². The van der Waals surface area contributed by atoms with E-state index in [2.05, 4.69) is 25.7 Å². The molecule has 3 heteroatoms. The van der Waals surface area contributed by atoms with E-state index in [1.807, 2.05) is 0 Å². The molecule has 3 nitrogen and oxygen atoms in total. The van der Waals surface area contributed by atoms with Crippen molar-refractivity contribution in [1.29, 1.82) is 0 Å². The van der Waals surface area contributed by atoms with Crippen molar-refractivity contribution in [2.24, 2.45) is 23.7 Å². The normalized spacial score (nSPS) is 33.5. The summed E-state index contributed by atoms with van der Waals surface area (Å²) in [6.45, 7) is 12.8. The summed E-state index contributed by atoms with van der Waals surface area (Å²) in [7, 11) is 0. The van der Waals surface area contributed by atoms with Crippen molar-refractivity contribution in [3.05, 3.63) is 0 Å². The van der Waals surface area contributed by atoms with Crippen molar-refractivity contribution in [2.45, 2.75) is 90.7 Å². The quantitative estimate of drug-likeness (QED) is 0.624. The maximum absolute atomic E-state index is 6.17. The third-order valence-corrected chi connectivity index (χ3v) is 6.97. The molecule has 4 atom stereocenters. The van der Waals surface area contributed by atoms with Gasteiger partial charge in [-0.05, 0) is 94.5 Å². The average molecular weight is 366 g/mol. The summed E-state index contributed by atoms with van der Waals surface area (Å²) in [5.74, 6) is 3.38. The van der Waals surface area contributed by atoms with Crippen LogP contribution in [0.3, 0.4) is 0 Å². The van der Waals surface area contributed by atoms with E-state index < -0.39 is 0 Å². The van der Waals surface area contributed by atoms with Gasteiger partial charge >= 0.3 is 0 Å². The lowest BCUT2D eigenvalue weighted by atomic mass is 9.85. The van der Waals surface area contributed by atoms with Crippen LogP contribution >= 0.6 is 0 Å². The third-order valence-electron chi connectivity index (χ3n) is 6.97. The molecule has 26 heavy (non-hydrogen) atoms. The van der Waals surface area contributed by atoms with Crippen molar-refractivity contribution in [3.63, 3.8) is 0 Å². The fraction of sp³-hybridized carbons (Fsp3) is 1.00. The van der Waals surface area contributed by atoms with Crippen LogP contribution in [0.25, 0.3) is 0 Å². The summed E-state index contributed by atoms with van der Waals surface area (Å²) in [4.78, 5) is 2.80. The Bertz CT molecular complexity index is 386. The number of piperidine rings is 1. The van der Waals surface area contributed by atoms with Crippen molar-refractivity contribution < 1.29 is 9.47 Å². The Balaban J connectivity index is 1.38. The van der Waals surface area contributed by atoms with E-state index >= 15 is 0 Å². The first-order valence-electron chi connectivity index (χ1n) is 11.5. The molecule has 0 amide bonds. The molecule has 0 aromatic carbocycles. The molecular formula is C23H43NO2.